The quantitative estimate of drug-likeness (QED) is 0.726. The van der Waals surface area contributed by atoms with E-state index in [2.05, 4.69) is 0 Å². The van der Waals surface area contributed by atoms with Gasteiger partial charge in [-0.1, -0.05) is 18.2 Å². The molecular formula is C11H12O3. The molecule has 0 saturated heterocycles. The maximum Gasteiger partial charge on any atom is 0.346 e. The van der Waals surface area contributed by atoms with Crippen LogP contribution in [0.3, 0.4) is 0 Å². The zero-order chi connectivity index (χ0) is 10.0. The van der Waals surface area contributed by atoms with Gasteiger partial charge in [0.25, 0.3) is 0 Å². The van der Waals surface area contributed by atoms with Crippen LogP contribution in [-0.2, 0) is 4.74 Å². The molecule has 14 heavy (non-hydrogen) atoms. The molecule has 1 aliphatic rings. The third-order valence-electron chi connectivity index (χ3n) is 2.00. The summed E-state index contributed by atoms with van der Waals surface area (Å²) in [5.74, 6) is -0.978. The van der Waals surface area contributed by atoms with Crippen molar-refractivity contribution in [2.24, 2.45) is 0 Å². The van der Waals surface area contributed by atoms with E-state index in [0.717, 1.165) is 5.56 Å². The predicted molar refractivity (Wildman–Crippen MR) is 52.7 cm³/mol. The monoisotopic (exact) mass is 192 g/mol. The number of rotatable bonds is 2. The number of benzene rings is 1. The van der Waals surface area contributed by atoms with Gasteiger partial charge in [-0.2, -0.15) is 0 Å². The van der Waals surface area contributed by atoms with Gasteiger partial charge in [0.15, 0.2) is 0 Å². The molecule has 3 nitrogen and oxygen atoms in total. The molecule has 0 saturated carbocycles. The zero-order valence-corrected chi connectivity index (χ0v) is 7.93. The Hall–Kier alpha value is -1.32. The van der Waals surface area contributed by atoms with Crippen molar-refractivity contribution >= 4 is 6.08 Å². The van der Waals surface area contributed by atoms with Crippen LogP contribution >= 0.6 is 0 Å². The lowest BCUT2D eigenvalue weighted by atomic mass is 10.1. The van der Waals surface area contributed by atoms with Crippen LogP contribution < -0.4 is 4.74 Å². The Balaban J connectivity index is 2.29. The normalized spacial score (nSPS) is 24.1. The minimum absolute atomic E-state index is 0.392. The first-order chi connectivity index (χ1) is 6.73. The minimum atomic E-state index is -1.61. The predicted octanol–water partition coefficient (Wildman–Crippen LogP) is 1.77. The number of aliphatic hydroxyl groups is 1. The van der Waals surface area contributed by atoms with Crippen LogP contribution in [-0.4, -0.2) is 17.7 Å². The summed E-state index contributed by atoms with van der Waals surface area (Å²) in [5.41, 5.74) is 0.942. The summed E-state index contributed by atoms with van der Waals surface area (Å²) in [7, 11) is 0. The Morgan fingerprint density at radius 1 is 1.43 bits per heavy atom. The van der Waals surface area contributed by atoms with Crippen LogP contribution in [0.15, 0.2) is 30.3 Å². The van der Waals surface area contributed by atoms with Crippen LogP contribution in [0.5, 0.6) is 5.75 Å². The van der Waals surface area contributed by atoms with Gasteiger partial charge in [0, 0.05) is 11.6 Å². The highest BCUT2D eigenvalue weighted by molar-refractivity contribution is 5.59. The van der Waals surface area contributed by atoms with Gasteiger partial charge in [0.1, 0.15) is 5.75 Å². The van der Waals surface area contributed by atoms with E-state index in [1.165, 1.54) is 6.08 Å². The van der Waals surface area contributed by atoms with Gasteiger partial charge in [-0.05, 0) is 19.1 Å². The third-order valence-corrected chi connectivity index (χ3v) is 2.00. The summed E-state index contributed by atoms with van der Waals surface area (Å²) < 4.78 is 10.4. The Labute approximate surface area is 82.6 Å². The lowest BCUT2D eigenvalue weighted by Gasteiger charge is -2.28. The molecule has 1 atom stereocenters. The second-order valence-corrected chi connectivity index (χ2v) is 3.04. The second-order valence-electron chi connectivity index (χ2n) is 3.04. The highest BCUT2D eigenvalue weighted by Crippen LogP contribution is 2.29. The van der Waals surface area contributed by atoms with Crippen LogP contribution in [0.4, 0.5) is 0 Å². The van der Waals surface area contributed by atoms with Gasteiger partial charge < -0.3 is 14.6 Å². The van der Waals surface area contributed by atoms with Crippen molar-refractivity contribution < 1.29 is 14.6 Å². The summed E-state index contributed by atoms with van der Waals surface area (Å²) >= 11 is 0. The number of para-hydroxylation sites is 1. The molecule has 1 N–H and O–H groups in total. The number of ether oxygens (including phenoxy) is 2. The number of hydrogen-bond donors (Lipinski definition) is 1. The summed E-state index contributed by atoms with van der Waals surface area (Å²) in [6, 6.07) is 7.47. The molecule has 0 aliphatic carbocycles. The Bertz CT molecular complexity index is 359. The molecule has 1 aromatic rings. The van der Waals surface area contributed by atoms with Gasteiger partial charge in [-0.25, -0.2) is 0 Å². The molecule has 1 heterocycles. The van der Waals surface area contributed by atoms with E-state index < -0.39 is 5.97 Å². The molecule has 0 unspecified atom stereocenters. The molecule has 0 fully saturated rings. The van der Waals surface area contributed by atoms with E-state index in [4.69, 9.17) is 9.47 Å². The SMILES string of the molecule is CCO[C@]1(O)C=Cc2ccccc2O1. The van der Waals surface area contributed by atoms with Crippen molar-refractivity contribution in [2.75, 3.05) is 6.61 Å². The Morgan fingerprint density at radius 2 is 2.21 bits per heavy atom. The lowest BCUT2D eigenvalue weighted by Crippen LogP contribution is -2.38. The number of hydrogen-bond acceptors (Lipinski definition) is 3. The minimum Gasteiger partial charge on any atom is -0.435 e. The average molecular weight is 192 g/mol. The van der Waals surface area contributed by atoms with Crippen LogP contribution in [0.2, 0.25) is 0 Å². The summed E-state index contributed by atoms with van der Waals surface area (Å²) in [6.07, 6.45) is 3.29. The van der Waals surface area contributed by atoms with Crippen LogP contribution in [0, 0.1) is 0 Å². The first-order valence-electron chi connectivity index (χ1n) is 4.57. The lowest BCUT2D eigenvalue weighted by molar-refractivity contribution is -0.283. The molecule has 1 aliphatic heterocycles. The van der Waals surface area contributed by atoms with E-state index in [9.17, 15) is 5.11 Å². The van der Waals surface area contributed by atoms with E-state index in [1.54, 1.807) is 19.1 Å². The summed E-state index contributed by atoms with van der Waals surface area (Å²) in [4.78, 5) is 0. The van der Waals surface area contributed by atoms with Crippen molar-refractivity contribution in [1.29, 1.82) is 0 Å². The molecule has 0 radical (unpaired) electrons. The third kappa shape index (κ3) is 1.64. The fraction of sp³-hybridized carbons (Fsp3) is 0.273. The van der Waals surface area contributed by atoms with Gasteiger partial charge in [-0.3, -0.25) is 0 Å². The molecule has 0 amide bonds. The Morgan fingerprint density at radius 3 is 3.00 bits per heavy atom. The topological polar surface area (TPSA) is 38.7 Å². The highest BCUT2D eigenvalue weighted by Gasteiger charge is 2.30. The maximum absolute atomic E-state index is 9.79. The first-order valence-corrected chi connectivity index (χ1v) is 4.57. The molecule has 0 bridgehead atoms. The van der Waals surface area contributed by atoms with E-state index in [0.29, 0.717) is 12.4 Å². The molecule has 2 rings (SSSR count). The van der Waals surface area contributed by atoms with Crippen LogP contribution in [0.1, 0.15) is 12.5 Å². The van der Waals surface area contributed by atoms with Gasteiger partial charge >= 0.3 is 5.97 Å². The highest BCUT2D eigenvalue weighted by atomic mass is 16.8. The number of fused-ring (bicyclic) bond motifs is 1. The van der Waals surface area contributed by atoms with Crippen molar-refractivity contribution in [1.82, 2.24) is 0 Å². The van der Waals surface area contributed by atoms with Gasteiger partial charge in [-0.15, -0.1) is 0 Å². The van der Waals surface area contributed by atoms with Crippen molar-refractivity contribution in [2.45, 2.75) is 12.9 Å². The van der Waals surface area contributed by atoms with Gasteiger partial charge in [0.2, 0.25) is 0 Å². The molecule has 74 valence electrons. The molecule has 1 aromatic carbocycles. The first kappa shape index (κ1) is 9.24. The molecule has 3 heteroatoms. The summed E-state index contributed by atoms with van der Waals surface area (Å²) in [6.45, 7) is 2.19. The molecule has 0 spiro atoms. The standard InChI is InChI=1S/C11H12O3/c1-2-13-11(12)8-7-9-5-3-4-6-10(9)14-11/h3-8,12H,2H2,1H3/t11-/m1/s1. The van der Waals surface area contributed by atoms with E-state index in [-0.39, 0.29) is 0 Å². The Kier molecular flexibility index (Phi) is 2.27. The van der Waals surface area contributed by atoms with E-state index in [1.807, 2.05) is 18.2 Å². The van der Waals surface area contributed by atoms with Crippen LogP contribution in [0.25, 0.3) is 6.08 Å². The second kappa shape index (κ2) is 3.44. The van der Waals surface area contributed by atoms with E-state index >= 15 is 0 Å². The van der Waals surface area contributed by atoms with Gasteiger partial charge in [0.05, 0.1) is 6.61 Å². The fourth-order valence-electron chi connectivity index (χ4n) is 1.38. The maximum atomic E-state index is 9.79. The van der Waals surface area contributed by atoms with Crippen molar-refractivity contribution in [3.05, 3.63) is 35.9 Å². The zero-order valence-electron chi connectivity index (χ0n) is 7.93. The smallest absolute Gasteiger partial charge is 0.346 e. The molecular weight excluding hydrogens is 180 g/mol. The average Bonchev–Trinajstić information content (AvgIpc) is 2.17. The summed E-state index contributed by atoms with van der Waals surface area (Å²) in [5, 5.41) is 9.79. The molecule has 0 aromatic heterocycles. The fourth-order valence-corrected chi connectivity index (χ4v) is 1.38. The van der Waals surface area contributed by atoms with Crippen molar-refractivity contribution in [3.8, 4) is 5.75 Å². The largest absolute Gasteiger partial charge is 0.435 e. The van der Waals surface area contributed by atoms with Crippen molar-refractivity contribution in [3.63, 3.8) is 0 Å².